The standard InChI is InChI=1S/C18H15NO3S2/c1-11-5-7-12(8-6-11)17(20)19-13-10-15(14-4-3-9-23-14)24-16(13)18(21)22-2/h3-10H,1-2H3,(H,19,20). The van der Waals surface area contributed by atoms with Crippen LogP contribution in [-0.4, -0.2) is 19.0 Å². The van der Waals surface area contributed by atoms with E-state index < -0.39 is 5.97 Å². The van der Waals surface area contributed by atoms with E-state index in [-0.39, 0.29) is 5.91 Å². The fourth-order valence-corrected chi connectivity index (χ4v) is 4.03. The average molecular weight is 357 g/mol. The van der Waals surface area contributed by atoms with E-state index in [0.717, 1.165) is 15.3 Å². The zero-order chi connectivity index (χ0) is 17.1. The molecule has 1 amide bonds. The number of anilines is 1. The van der Waals surface area contributed by atoms with Crippen molar-refractivity contribution in [2.24, 2.45) is 0 Å². The molecule has 1 N–H and O–H groups in total. The highest BCUT2D eigenvalue weighted by molar-refractivity contribution is 7.22. The van der Waals surface area contributed by atoms with Gasteiger partial charge in [-0.3, -0.25) is 4.79 Å². The summed E-state index contributed by atoms with van der Waals surface area (Å²) in [5, 5.41) is 4.79. The van der Waals surface area contributed by atoms with E-state index >= 15 is 0 Å². The lowest BCUT2D eigenvalue weighted by molar-refractivity contribution is 0.0607. The summed E-state index contributed by atoms with van der Waals surface area (Å²) in [6.07, 6.45) is 0. The van der Waals surface area contributed by atoms with Crippen molar-refractivity contribution in [3.05, 3.63) is 63.8 Å². The van der Waals surface area contributed by atoms with E-state index in [0.29, 0.717) is 16.1 Å². The third-order valence-corrected chi connectivity index (χ3v) is 5.61. The van der Waals surface area contributed by atoms with Crippen molar-refractivity contribution in [3.8, 4) is 9.75 Å². The number of carbonyl (C=O) groups is 2. The maximum Gasteiger partial charge on any atom is 0.350 e. The first-order valence-corrected chi connectivity index (χ1v) is 8.92. The number of rotatable bonds is 4. The average Bonchev–Trinajstić information content (AvgIpc) is 3.24. The van der Waals surface area contributed by atoms with Gasteiger partial charge in [0.05, 0.1) is 12.8 Å². The van der Waals surface area contributed by atoms with Crippen LogP contribution >= 0.6 is 22.7 Å². The van der Waals surface area contributed by atoms with Gasteiger partial charge in [0.1, 0.15) is 4.88 Å². The minimum atomic E-state index is -0.456. The molecule has 0 aliphatic carbocycles. The van der Waals surface area contributed by atoms with Crippen LogP contribution in [0.2, 0.25) is 0 Å². The van der Waals surface area contributed by atoms with Crippen LogP contribution in [-0.2, 0) is 4.74 Å². The molecule has 4 nitrogen and oxygen atoms in total. The highest BCUT2D eigenvalue weighted by Crippen LogP contribution is 2.37. The zero-order valence-corrected chi connectivity index (χ0v) is 14.8. The number of thiophene rings is 2. The van der Waals surface area contributed by atoms with Gasteiger partial charge >= 0.3 is 5.97 Å². The van der Waals surface area contributed by atoms with Crippen LogP contribution < -0.4 is 5.32 Å². The molecule has 0 unspecified atom stereocenters. The summed E-state index contributed by atoms with van der Waals surface area (Å²) in [6, 6.07) is 13.0. The normalized spacial score (nSPS) is 10.4. The Morgan fingerprint density at radius 1 is 1.08 bits per heavy atom. The number of methoxy groups -OCH3 is 1. The van der Waals surface area contributed by atoms with Crippen molar-refractivity contribution >= 4 is 40.2 Å². The molecule has 3 aromatic rings. The molecular formula is C18H15NO3S2. The minimum Gasteiger partial charge on any atom is -0.465 e. The third-order valence-electron chi connectivity index (χ3n) is 3.43. The summed E-state index contributed by atoms with van der Waals surface area (Å²) in [5.41, 5.74) is 2.10. The van der Waals surface area contributed by atoms with Crippen LogP contribution in [0.25, 0.3) is 9.75 Å². The molecule has 6 heteroatoms. The lowest BCUT2D eigenvalue weighted by Gasteiger charge is -2.05. The maximum absolute atomic E-state index is 12.4. The number of nitrogens with one attached hydrogen (secondary N) is 1. The SMILES string of the molecule is COC(=O)c1sc(-c2cccs2)cc1NC(=O)c1ccc(C)cc1. The van der Waals surface area contributed by atoms with Gasteiger partial charge in [-0.15, -0.1) is 22.7 Å². The Morgan fingerprint density at radius 3 is 2.46 bits per heavy atom. The van der Waals surface area contributed by atoms with Gasteiger partial charge in [-0.1, -0.05) is 23.8 Å². The first-order chi connectivity index (χ1) is 11.6. The van der Waals surface area contributed by atoms with E-state index in [1.807, 2.05) is 42.6 Å². The molecule has 3 rings (SSSR count). The molecular weight excluding hydrogens is 342 g/mol. The Morgan fingerprint density at radius 2 is 1.83 bits per heavy atom. The number of esters is 1. The molecule has 0 saturated heterocycles. The van der Waals surface area contributed by atoms with Gasteiger partial charge in [-0.05, 0) is 36.6 Å². The zero-order valence-electron chi connectivity index (χ0n) is 13.2. The number of ether oxygens (including phenoxy) is 1. The Balaban J connectivity index is 1.92. The number of hydrogen-bond acceptors (Lipinski definition) is 5. The maximum atomic E-state index is 12.4. The molecule has 0 radical (unpaired) electrons. The van der Waals surface area contributed by atoms with Gasteiger partial charge in [0.2, 0.25) is 0 Å². The van der Waals surface area contributed by atoms with Gasteiger partial charge in [-0.2, -0.15) is 0 Å². The molecule has 0 bridgehead atoms. The van der Waals surface area contributed by atoms with Crippen LogP contribution in [0.1, 0.15) is 25.6 Å². The second-order valence-electron chi connectivity index (χ2n) is 5.14. The Labute approximate surface area is 147 Å². The Bertz CT molecular complexity index is 864. The number of benzene rings is 1. The predicted molar refractivity (Wildman–Crippen MR) is 98.1 cm³/mol. The monoisotopic (exact) mass is 357 g/mol. The van der Waals surface area contributed by atoms with Crippen LogP contribution in [0.5, 0.6) is 0 Å². The lowest BCUT2D eigenvalue weighted by Crippen LogP contribution is -2.13. The summed E-state index contributed by atoms with van der Waals surface area (Å²) in [6.45, 7) is 1.96. The largest absolute Gasteiger partial charge is 0.465 e. The fraction of sp³-hybridized carbons (Fsp3) is 0.111. The molecule has 0 fully saturated rings. The highest BCUT2D eigenvalue weighted by atomic mass is 32.1. The number of carbonyl (C=O) groups excluding carboxylic acids is 2. The van der Waals surface area contributed by atoms with Crippen molar-refractivity contribution in [2.75, 3.05) is 12.4 Å². The summed E-state index contributed by atoms with van der Waals surface area (Å²) in [4.78, 5) is 26.8. The summed E-state index contributed by atoms with van der Waals surface area (Å²) < 4.78 is 4.83. The Hall–Kier alpha value is -2.44. The van der Waals surface area contributed by atoms with E-state index in [4.69, 9.17) is 4.74 Å². The smallest absolute Gasteiger partial charge is 0.350 e. The van der Waals surface area contributed by atoms with E-state index in [9.17, 15) is 9.59 Å². The van der Waals surface area contributed by atoms with E-state index in [2.05, 4.69) is 5.32 Å². The molecule has 0 aliphatic rings. The summed E-state index contributed by atoms with van der Waals surface area (Å²) >= 11 is 2.89. The van der Waals surface area contributed by atoms with Gasteiger partial charge < -0.3 is 10.1 Å². The molecule has 2 heterocycles. The molecule has 1 aromatic carbocycles. The number of hydrogen-bond donors (Lipinski definition) is 1. The second kappa shape index (κ2) is 6.98. The van der Waals surface area contributed by atoms with Gasteiger partial charge in [0.15, 0.2) is 0 Å². The van der Waals surface area contributed by atoms with E-state index in [1.165, 1.54) is 18.4 Å². The molecule has 24 heavy (non-hydrogen) atoms. The van der Waals surface area contributed by atoms with Crippen molar-refractivity contribution in [1.82, 2.24) is 0 Å². The molecule has 0 aliphatic heterocycles. The first-order valence-electron chi connectivity index (χ1n) is 7.22. The lowest BCUT2D eigenvalue weighted by atomic mass is 10.1. The summed E-state index contributed by atoms with van der Waals surface area (Å²) in [7, 11) is 1.33. The van der Waals surface area contributed by atoms with Crippen molar-refractivity contribution < 1.29 is 14.3 Å². The fourth-order valence-electron chi connectivity index (χ4n) is 2.17. The first kappa shape index (κ1) is 16.4. The molecule has 122 valence electrons. The molecule has 0 spiro atoms. The van der Waals surface area contributed by atoms with Crippen molar-refractivity contribution in [2.45, 2.75) is 6.92 Å². The van der Waals surface area contributed by atoms with Crippen LogP contribution in [0.4, 0.5) is 5.69 Å². The van der Waals surface area contributed by atoms with Crippen LogP contribution in [0, 0.1) is 6.92 Å². The van der Waals surface area contributed by atoms with Crippen LogP contribution in [0.3, 0.4) is 0 Å². The highest BCUT2D eigenvalue weighted by Gasteiger charge is 2.20. The summed E-state index contributed by atoms with van der Waals surface area (Å²) in [5.74, 6) is -0.710. The second-order valence-corrected chi connectivity index (χ2v) is 7.14. The van der Waals surface area contributed by atoms with Crippen LogP contribution in [0.15, 0.2) is 47.8 Å². The number of aryl methyl sites for hydroxylation is 1. The molecule has 0 saturated carbocycles. The van der Waals surface area contributed by atoms with Gasteiger partial charge in [0, 0.05) is 15.3 Å². The molecule has 0 atom stereocenters. The predicted octanol–water partition coefficient (Wildman–Crippen LogP) is 4.82. The van der Waals surface area contributed by atoms with Gasteiger partial charge in [0.25, 0.3) is 5.91 Å². The van der Waals surface area contributed by atoms with Crippen molar-refractivity contribution in [3.63, 3.8) is 0 Å². The minimum absolute atomic E-state index is 0.254. The quantitative estimate of drug-likeness (QED) is 0.681. The van der Waals surface area contributed by atoms with Gasteiger partial charge in [-0.25, -0.2) is 4.79 Å². The number of amides is 1. The molecule has 2 aromatic heterocycles. The Kier molecular flexibility index (Phi) is 4.78. The van der Waals surface area contributed by atoms with E-state index in [1.54, 1.807) is 23.5 Å². The van der Waals surface area contributed by atoms with Crippen molar-refractivity contribution in [1.29, 1.82) is 0 Å². The topological polar surface area (TPSA) is 55.4 Å². The third kappa shape index (κ3) is 3.39.